The average molecular weight is 211 g/mol. The van der Waals surface area contributed by atoms with Crippen molar-refractivity contribution in [2.24, 2.45) is 0 Å². The van der Waals surface area contributed by atoms with Gasteiger partial charge in [-0.1, -0.05) is 6.92 Å². The fourth-order valence-corrected chi connectivity index (χ4v) is 0.972. The lowest BCUT2D eigenvalue weighted by Gasteiger charge is -2.13. The molecule has 0 fully saturated rings. The molecule has 1 atom stereocenters. The summed E-state index contributed by atoms with van der Waals surface area (Å²) in [7, 11) is 0. The minimum atomic E-state index is -1.06. The monoisotopic (exact) mass is 211 g/mol. The predicted octanol–water partition coefficient (Wildman–Crippen LogP) is 0.358. The van der Waals surface area contributed by atoms with Gasteiger partial charge < -0.3 is 15.5 Å². The van der Waals surface area contributed by atoms with E-state index >= 15 is 0 Å². The van der Waals surface area contributed by atoms with Crippen LogP contribution < -0.4 is 5.32 Å². The van der Waals surface area contributed by atoms with Crippen LogP contribution in [0.3, 0.4) is 0 Å². The molecule has 1 heterocycles. The van der Waals surface area contributed by atoms with Crippen LogP contribution >= 0.6 is 0 Å². The van der Waals surface area contributed by atoms with E-state index in [1.807, 2.05) is 6.92 Å². The lowest BCUT2D eigenvalue weighted by Crippen LogP contribution is -2.23. The van der Waals surface area contributed by atoms with Crippen LogP contribution in [0.2, 0.25) is 0 Å². The summed E-state index contributed by atoms with van der Waals surface area (Å²) < 4.78 is 0. The molecule has 82 valence electrons. The number of aromatic carboxylic acids is 1. The van der Waals surface area contributed by atoms with E-state index in [0.29, 0.717) is 5.95 Å². The summed E-state index contributed by atoms with van der Waals surface area (Å²) in [6.45, 7) is 1.90. The average Bonchev–Trinajstić information content (AvgIpc) is 2.26. The zero-order chi connectivity index (χ0) is 11.3. The molecule has 0 spiro atoms. The quantitative estimate of drug-likeness (QED) is 0.650. The molecule has 0 aromatic carbocycles. The second-order valence-electron chi connectivity index (χ2n) is 3.03. The molecular weight excluding hydrogens is 198 g/mol. The van der Waals surface area contributed by atoms with Crippen molar-refractivity contribution >= 4 is 11.9 Å². The first-order valence-corrected chi connectivity index (χ1v) is 4.60. The van der Waals surface area contributed by atoms with Crippen molar-refractivity contribution in [2.45, 2.75) is 19.4 Å². The van der Waals surface area contributed by atoms with Gasteiger partial charge in [0.2, 0.25) is 5.95 Å². The number of aromatic nitrogens is 2. The zero-order valence-corrected chi connectivity index (χ0v) is 8.34. The third-order valence-corrected chi connectivity index (χ3v) is 1.95. The number of carbonyl (C=O) groups is 1. The Hall–Kier alpha value is -1.69. The van der Waals surface area contributed by atoms with Crippen LogP contribution in [0.1, 0.15) is 23.7 Å². The zero-order valence-electron chi connectivity index (χ0n) is 8.34. The SMILES string of the molecule is CCC(CO)Nc1ncc(C(=O)O)cn1. The minimum Gasteiger partial charge on any atom is -0.478 e. The van der Waals surface area contributed by atoms with Crippen molar-refractivity contribution in [3.05, 3.63) is 18.0 Å². The first kappa shape index (κ1) is 11.4. The Morgan fingerprint density at radius 3 is 2.53 bits per heavy atom. The smallest absolute Gasteiger partial charge is 0.338 e. The molecule has 0 saturated carbocycles. The van der Waals surface area contributed by atoms with Crippen molar-refractivity contribution in [2.75, 3.05) is 11.9 Å². The first-order valence-electron chi connectivity index (χ1n) is 4.60. The Labute approximate surface area is 87.0 Å². The van der Waals surface area contributed by atoms with E-state index in [9.17, 15) is 4.79 Å². The maximum atomic E-state index is 10.5. The Bertz CT molecular complexity index is 322. The lowest BCUT2D eigenvalue weighted by molar-refractivity contribution is 0.0696. The molecule has 0 bridgehead atoms. The molecule has 6 nitrogen and oxygen atoms in total. The Balaban J connectivity index is 2.67. The highest BCUT2D eigenvalue weighted by Gasteiger charge is 2.07. The number of aliphatic hydroxyl groups excluding tert-OH is 1. The van der Waals surface area contributed by atoms with Gasteiger partial charge in [0.05, 0.1) is 18.2 Å². The molecule has 0 aliphatic rings. The third-order valence-electron chi connectivity index (χ3n) is 1.95. The van der Waals surface area contributed by atoms with Crippen molar-refractivity contribution in [1.82, 2.24) is 9.97 Å². The van der Waals surface area contributed by atoms with Crippen LogP contribution in [-0.4, -0.2) is 38.8 Å². The summed E-state index contributed by atoms with van der Waals surface area (Å²) in [5.74, 6) is -0.739. The molecule has 3 N–H and O–H groups in total. The van der Waals surface area contributed by atoms with Gasteiger partial charge in [-0.15, -0.1) is 0 Å². The number of hydrogen-bond donors (Lipinski definition) is 3. The van der Waals surface area contributed by atoms with E-state index in [1.54, 1.807) is 0 Å². The summed E-state index contributed by atoms with van der Waals surface area (Å²) in [6, 6.07) is -0.110. The van der Waals surface area contributed by atoms with E-state index in [1.165, 1.54) is 12.4 Å². The molecule has 0 amide bonds. The van der Waals surface area contributed by atoms with Crippen molar-refractivity contribution in [3.63, 3.8) is 0 Å². The van der Waals surface area contributed by atoms with Gasteiger partial charge in [-0.3, -0.25) is 0 Å². The second kappa shape index (κ2) is 5.26. The summed E-state index contributed by atoms with van der Waals surface area (Å²) >= 11 is 0. The summed E-state index contributed by atoms with van der Waals surface area (Å²) in [4.78, 5) is 18.1. The van der Waals surface area contributed by atoms with Crippen LogP contribution in [0.4, 0.5) is 5.95 Å². The molecule has 0 saturated heterocycles. The predicted molar refractivity (Wildman–Crippen MR) is 53.8 cm³/mol. The van der Waals surface area contributed by atoms with E-state index in [-0.39, 0.29) is 18.2 Å². The highest BCUT2D eigenvalue weighted by Crippen LogP contribution is 2.03. The van der Waals surface area contributed by atoms with E-state index in [0.717, 1.165) is 6.42 Å². The Kier molecular flexibility index (Phi) is 3.99. The van der Waals surface area contributed by atoms with Crippen LogP contribution in [0, 0.1) is 0 Å². The molecule has 6 heteroatoms. The fraction of sp³-hybridized carbons (Fsp3) is 0.444. The standard InChI is InChI=1S/C9H13N3O3/c1-2-7(5-13)12-9-10-3-6(4-11-9)8(14)15/h3-4,7,13H,2,5H2,1H3,(H,14,15)(H,10,11,12). The van der Waals surface area contributed by atoms with Crippen LogP contribution in [0.5, 0.6) is 0 Å². The van der Waals surface area contributed by atoms with Crippen molar-refractivity contribution in [1.29, 1.82) is 0 Å². The largest absolute Gasteiger partial charge is 0.478 e. The number of aliphatic hydroxyl groups is 1. The second-order valence-corrected chi connectivity index (χ2v) is 3.03. The number of hydrogen-bond acceptors (Lipinski definition) is 5. The van der Waals surface area contributed by atoms with Gasteiger partial charge in [0, 0.05) is 12.4 Å². The molecule has 1 rings (SSSR count). The van der Waals surface area contributed by atoms with E-state index in [4.69, 9.17) is 10.2 Å². The Morgan fingerprint density at radius 2 is 2.13 bits per heavy atom. The van der Waals surface area contributed by atoms with E-state index in [2.05, 4.69) is 15.3 Å². The highest BCUT2D eigenvalue weighted by molar-refractivity contribution is 5.86. The molecule has 1 unspecified atom stereocenters. The highest BCUT2D eigenvalue weighted by atomic mass is 16.4. The number of carboxylic acid groups (broad SMARTS) is 1. The van der Waals surface area contributed by atoms with Gasteiger partial charge in [0.15, 0.2) is 0 Å². The lowest BCUT2D eigenvalue weighted by atomic mass is 10.2. The van der Waals surface area contributed by atoms with Gasteiger partial charge in [0.25, 0.3) is 0 Å². The molecule has 1 aromatic heterocycles. The summed E-state index contributed by atoms with van der Waals surface area (Å²) in [5, 5.41) is 20.4. The number of rotatable bonds is 5. The van der Waals surface area contributed by atoms with Crippen molar-refractivity contribution in [3.8, 4) is 0 Å². The molecule has 0 aliphatic carbocycles. The number of anilines is 1. The normalized spacial score (nSPS) is 12.1. The topological polar surface area (TPSA) is 95.3 Å². The molecule has 1 aromatic rings. The van der Waals surface area contributed by atoms with Crippen LogP contribution in [-0.2, 0) is 0 Å². The Morgan fingerprint density at radius 1 is 1.53 bits per heavy atom. The number of carboxylic acids is 1. The van der Waals surface area contributed by atoms with E-state index < -0.39 is 5.97 Å². The molecule has 15 heavy (non-hydrogen) atoms. The summed E-state index contributed by atoms with van der Waals surface area (Å²) in [5.41, 5.74) is 0.0394. The van der Waals surface area contributed by atoms with Gasteiger partial charge in [0.1, 0.15) is 0 Å². The fourth-order valence-electron chi connectivity index (χ4n) is 0.972. The molecular formula is C9H13N3O3. The number of nitrogens with zero attached hydrogens (tertiary/aromatic N) is 2. The van der Waals surface area contributed by atoms with Gasteiger partial charge in [-0.05, 0) is 6.42 Å². The van der Waals surface area contributed by atoms with Crippen LogP contribution in [0.15, 0.2) is 12.4 Å². The summed E-state index contributed by atoms with van der Waals surface area (Å²) in [6.07, 6.45) is 3.18. The molecule has 0 radical (unpaired) electrons. The maximum absolute atomic E-state index is 10.5. The van der Waals surface area contributed by atoms with Gasteiger partial charge in [-0.2, -0.15) is 0 Å². The maximum Gasteiger partial charge on any atom is 0.338 e. The van der Waals surface area contributed by atoms with Gasteiger partial charge in [-0.25, -0.2) is 14.8 Å². The van der Waals surface area contributed by atoms with Crippen LogP contribution in [0.25, 0.3) is 0 Å². The number of nitrogens with one attached hydrogen (secondary N) is 1. The van der Waals surface area contributed by atoms with Crippen molar-refractivity contribution < 1.29 is 15.0 Å². The molecule has 0 aliphatic heterocycles. The van der Waals surface area contributed by atoms with Gasteiger partial charge >= 0.3 is 5.97 Å². The first-order chi connectivity index (χ1) is 7.17. The third kappa shape index (κ3) is 3.17. The minimum absolute atomic E-state index is 0.0134.